The molecular formula is C17H26N4. The molecule has 2 aromatic rings. The van der Waals surface area contributed by atoms with Gasteiger partial charge in [0.05, 0.1) is 0 Å². The molecule has 0 aliphatic rings. The molecule has 114 valence electrons. The number of likely N-dealkylation sites (N-methyl/N-ethyl adjacent to an activating group) is 1. The normalized spacial score (nSPS) is 13.4. The lowest BCUT2D eigenvalue weighted by atomic mass is 9.86. The van der Waals surface area contributed by atoms with Gasteiger partial charge in [0.15, 0.2) is 0 Å². The zero-order chi connectivity index (χ0) is 15.5. The first-order chi connectivity index (χ1) is 9.91. The second-order valence-corrected chi connectivity index (χ2v) is 6.49. The molecule has 0 fully saturated rings. The first-order valence-electron chi connectivity index (χ1n) is 7.58. The summed E-state index contributed by atoms with van der Waals surface area (Å²) in [6.07, 6.45) is 2.46. The van der Waals surface area contributed by atoms with Gasteiger partial charge in [-0.05, 0) is 23.1 Å². The van der Waals surface area contributed by atoms with Crippen LogP contribution in [0.3, 0.4) is 0 Å². The topological polar surface area (TPSA) is 42.7 Å². The van der Waals surface area contributed by atoms with Gasteiger partial charge in [0.2, 0.25) is 0 Å². The van der Waals surface area contributed by atoms with Gasteiger partial charge in [-0.2, -0.15) is 5.10 Å². The number of aryl methyl sites for hydroxylation is 1. The molecule has 2 rings (SSSR count). The molecule has 1 unspecified atom stereocenters. The summed E-state index contributed by atoms with van der Waals surface area (Å²) < 4.78 is 1.84. The third kappa shape index (κ3) is 3.91. The molecule has 21 heavy (non-hydrogen) atoms. The van der Waals surface area contributed by atoms with Gasteiger partial charge in [0.25, 0.3) is 0 Å². The summed E-state index contributed by atoms with van der Waals surface area (Å²) in [6.45, 7) is 9.78. The SMILES string of the molecule is CCNC(Cc1ncnn1C)c1ccc(C(C)(C)C)cc1. The Hall–Kier alpha value is -1.68. The van der Waals surface area contributed by atoms with Crippen LogP contribution in [0, 0.1) is 0 Å². The van der Waals surface area contributed by atoms with E-state index in [9.17, 15) is 0 Å². The van der Waals surface area contributed by atoms with E-state index in [1.54, 1.807) is 6.33 Å². The molecule has 0 aliphatic heterocycles. The lowest BCUT2D eigenvalue weighted by Gasteiger charge is -2.22. The highest BCUT2D eigenvalue weighted by Crippen LogP contribution is 2.25. The summed E-state index contributed by atoms with van der Waals surface area (Å²) in [6, 6.07) is 9.19. The number of hydrogen-bond donors (Lipinski definition) is 1. The van der Waals surface area contributed by atoms with Gasteiger partial charge in [-0.3, -0.25) is 4.68 Å². The van der Waals surface area contributed by atoms with Crippen molar-refractivity contribution >= 4 is 0 Å². The summed E-state index contributed by atoms with van der Waals surface area (Å²) in [5, 5.41) is 7.69. The maximum absolute atomic E-state index is 4.33. The lowest BCUT2D eigenvalue weighted by Crippen LogP contribution is -2.24. The standard InChI is InChI=1S/C17H26N4/c1-6-18-15(11-16-19-12-20-21(16)5)13-7-9-14(10-8-13)17(2,3)4/h7-10,12,15,18H,6,11H2,1-5H3. The first kappa shape index (κ1) is 15.7. The molecule has 0 aliphatic carbocycles. The van der Waals surface area contributed by atoms with Gasteiger partial charge < -0.3 is 5.32 Å². The van der Waals surface area contributed by atoms with E-state index in [-0.39, 0.29) is 11.5 Å². The van der Waals surface area contributed by atoms with Crippen LogP contribution in [0.25, 0.3) is 0 Å². The Balaban J connectivity index is 2.20. The molecular weight excluding hydrogens is 260 g/mol. The molecule has 4 nitrogen and oxygen atoms in total. The molecule has 0 radical (unpaired) electrons. The maximum atomic E-state index is 4.33. The van der Waals surface area contributed by atoms with Crippen molar-refractivity contribution in [2.45, 2.75) is 45.6 Å². The van der Waals surface area contributed by atoms with Crippen LogP contribution in [0.5, 0.6) is 0 Å². The zero-order valence-electron chi connectivity index (χ0n) is 13.7. The second kappa shape index (κ2) is 6.39. The van der Waals surface area contributed by atoms with E-state index >= 15 is 0 Å². The highest BCUT2D eigenvalue weighted by molar-refractivity contribution is 5.29. The van der Waals surface area contributed by atoms with E-state index in [0.717, 1.165) is 18.8 Å². The molecule has 1 aromatic carbocycles. The Bertz CT molecular complexity index is 563. The van der Waals surface area contributed by atoms with Crippen LogP contribution in [0.15, 0.2) is 30.6 Å². The first-order valence-corrected chi connectivity index (χ1v) is 7.58. The summed E-state index contributed by atoms with van der Waals surface area (Å²) in [5.74, 6) is 1.00. The summed E-state index contributed by atoms with van der Waals surface area (Å²) in [7, 11) is 1.94. The average Bonchev–Trinajstić information content (AvgIpc) is 2.83. The van der Waals surface area contributed by atoms with E-state index in [0.29, 0.717) is 0 Å². The summed E-state index contributed by atoms with van der Waals surface area (Å²) >= 11 is 0. The number of nitrogens with one attached hydrogen (secondary N) is 1. The Morgan fingerprint density at radius 2 is 1.86 bits per heavy atom. The molecule has 0 saturated heterocycles. The molecule has 0 spiro atoms. The zero-order valence-corrected chi connectivity index (χ0v) is 13.7. The number of hydrogen-bond acceptors (Lipinski definition) is 3. The van der Waals surface area contributed by atoms with Crippen LogP contribution in [0.2, 0.25) is 0 Å². The number of rotatable bonds is 5. The molecule has 0 amide bonds. The molecule has 0 saturated carbocycles. The van der Waals surface area contributed by atoms with Gasteiger partial charge in [-0.15, -0.1) is 0 Å². The minimum atomic E-state index is 0.190. The molecule has 1 atom stereocenters. The second-order valence-electron chi connectivity index (χ2n) is 6.49. The van der Waals surface area contributed by atoms with Gasteiger partial charge in [0, 0.05) is 19.5 Å². The Labute approximate surface area is 127 Å². The molecule has 1 N–H and O–H groups in total. The van der Waals surface area contributed by atoms with Crippen LogP contribution < -0.4 is 5.32 Å². The smallest absolute Gasteiger partial charge is 0.138 e. The van der Waals surface area contributed by atoms with Crippen LogP contribution in [-0.2, 0) is 18.9 Å². The minimum absolute atomic E-state index is 0.190. The molecule has 4 heteroatoms. The quantitative estimate of drug-likeness (QED) is 0.919. The van der Waals surface area contributed by atoms with E-state index in [4.69, 9.17) is 0 Å². The van der Waals surface area contributed by atoms with E-state index in [2.05, 4.69) is 67.4 Å². The van der Waals surface area contributed by atoms with Crippen molar-refractivity contribution < 1.29 is 0 Å². The maximum Gasteiger partial charge on any atom is 0.138 e. The fourth-order valence-corrected chi connectivity index (χ4v) is 2.46. The van der Waals surface area contributed by atoms with Crippen LogP contribution in [0.4, 0.5) is 0 Å². The highest BCUT2D eigenvalue weighted by Gasteiger charge is 2.17. The van der Waals surface area contributed by atoms with E-state index < -0.39 is 0 Å². The minimum Gasteiger partial charge on any atom is -0.310 e. The van der Waals surface area contributed by atoms with Crippen LogP contribution in [-0.4, -0.2) is 21.3 Å². The van der Waals surface area contributed by atoms with Crippen molar-refractivity contribution in [3.63, 3.8) is 0 Å². The third-order valence-electron chi connectivity index (χ3n) is 3.82. The molecule has 1 heterocycles. The number of nitrogens with zero attached hydrogens (tertiary/aromatic N) is 3. The van der Waals surface area contributed by atoms with Crippen molar-refractivity contribution in [3.8, 4) is 0 Å². The summed E-state index contributed by atoms with van der Waals surface area (Å²) in [4.78, 5) is 4.33. The largest absolute Gasteiger partial charge is 0.310 e. The molecule has 0 bridgehead atoms. The van der Waals surface area contributed by atoms with Gasteiger partial charge in [0.1, 0.15) is 12.2 Å². The fourth-order valence-electron chi connectivity index (χ4n) is 2.46. The van der Waals surface area contributed by atoms with Crippen molar-refractivity contribution in [3.05, 3.63) is 47.5 Å². The Morgan fingerprint density at radius 1 is 1.19 bits per heavy atom. The third-order valence-corrected chi connectivity index (χ3v) is 3.82. The lowest BCUT2D eigenvalue weighted by molar-refractivity contribution is 0.521. The van der Waals surface area contributed by atoms with Crippen LogP contribution in [0.1, 0.15) is 50.7 Å². The Morgan fingerprint density at radius 3 is 2.33 bits per heavy atom. The number of aromatic nitrogens is 3. The summed E-state index contributed by atoms with van der Waals surface area (Å²) in [5.41, 5.74) is 2.85. The fraction of sp³-hybridized carbons (Fsp3) is 0.529. The predicted molar refractivity (Wildman–Crippen MR) is 86.3 cm³/mol. The monoisotopic (exact) mass is 286 g/mol. The van der Waals surface area contributed by atoms with E-state index in [1.807, 2.05) is 11.7 Å². The highest BCUT2D eigenvalue weighted by atomic mass is 15.3. The number of benzene rings is 1. The van der Waals surface area contributed by atoms with Crippen LogP contribution >= 0.6 is 0 Å². The van der Waals surface area contributed by atoms with Crippen molar-refractivity contribution in [2.24, 2.45) is 7.05 Å². The van der Waals surface area contributed by atoms with Gasteiger partial charge in [-0.25, -0.2) is 4.98 Å². The predicted octanol–water partition coefficient (Wildman–Crippen LogP) is 3.01. The average molecular weight is 286 g/mol. The van der Waals surface area contributed by atoms with E-state index in [1.165, 1.54) is 11.1 Å². The Kier molecular flexibility index (Phi) is 4.78. The van der Waals surface area contributed by atoms with Gasteiger partial charge in [-0.1, -0.05) is 52.0 Å². The van der Waals surface area contributed by atoms with Crippen molar-refractivity contribution in [1.82, 2.24) is 20.1 Å². The van der Waals surface area contributed by atoms with Crippen molar-refractivity contribution in [1.29, 1.82) is 0 Å². The van der Waals surface area contributed by atoms with Crippen molar-refractivity contribution in [2.75, 3.05) is 6.54 Å². The molecule has 1 aromatic heterocycles. The van der Waals surface area contributed by atoms with Gasteiger partial charge >= 0.3 is 0 Å².